The quantitative estimate of drug-likeness (QED) is 0.727. The maximum Gasteiger partial charge on any atom is 0.262 e. The Bertz CT molecular complexity index is 972. The van der Waals surface area contributed by atoms with Gasteiger partial charge in [-0.05, 0) is 31.2 Å². The highest BCUT2D eigenvalue weighted by Crippen LogP contribution is 2.24. The average molecular weight is 348 g/mol. The number of imide groups is 1. The van der Waals surface area contributed by atoms with Gasteiger partial charge < -0.3 is 9.72 Å². The highest BCUT2D eigenvalue weighted by Gasteiger charge is 2.40. The minimum atomic E-state index is -0.903. The second-order valence-corrected chi connectivity index (χ2v) is 6.12. The van der Waals surface area contributed by atoms with Gasteiger partial charge in [0.1, 0.15) is 11.7 Å². The lowest BCUT2D eigenvalue weighted by atomic mass is 10.1. The van der Waals surface area contributed by atoms with Crippen molar-refractivity contribution in [3.63, 3.8) is 0 Å². The summed E-state index contributed by atoms with van der Waals surface area (Å²) in [4.78, 5) is 42.8. The van der Waals surface area contributed by atoms with E-state index in [0.717, 1.165) is 10.5 Å². The number of pyridine rings is 1. The summed E-state index contributed by atoms with van der Waals surface area (Å²) < 4.78 is 1.86. The van der Waals surface area contributed by atoms with Crippen molar-refractivity contribution in [1.29, 1.82) is 0 Å². The fourth-order valence-corrected chi connectivity index (χ4v) is 3.07. The molecule has 0 fully saturated rings. The summed E-state index contributed by atoms with van der Waals surface area (Å²) in [5.41, 5.74) is 2.14. The monoisotopic (exact) mass is 348 g/mol. The molecule has 7 heteroatoms. The number of nitrogens with one attached hydrogen (secondary N) is 1. The molecule has 0 aliphatic carbocycles. The van der Waals surface area contributed by atoms with E-state index in [9.17, 15) is 14.4 Å². The zero-order valence-corrected chi connectivity index (χ0v) is 14.0. The summed E-state index contributed by atoms with van der Waals surface area (Å²) in [6.07, 6.45) is 3.69. The van der Waals surface area contributed by atoms with Gasteiger partial charge in [0.05, 0.1) is 23.4 Å². The minimum absolute atomic E-state index is 0.216. The second-order valence-electron chi connectivity index (χ2n) is 6.12. The molecular weight excluding hydrogens is 332 g/mol. The molecular formula is C19H16N4O3. The first-order valence-corrected chi connectivity index (χ1v) is 8.23. The lowest BCUT2D eigenvalue weighted by molar-refractivity contribution is -0.124. The number of carbonyl (C=O) groups is 3. The van der Waals surface area contributed by atoms with Crippen LogP contribution < -0.4 is 5.32 Å². The van der Waals surface area contributed by atoms with Gasteiger partial charge in [0, 0.05) is 12.4 Å². The van der Waals surface area contributed by atoms with Gasteiger partial charge in [-0.25, -0.2) is 4.98 Å². The number of fused-ring (bicyclic) bond motifs is 2. The molecule has 1 aliphatic heterocycles. The Kier molecular flexibility index (Phi) is 3.76. The van der Waals surface area contributed by atoms with E-state index in [-0.39, 0.29) is 6.54 Å². The lowest BCUT2D eigenvalue weighted by Crippen LogP contribution is -2.47. The van der Waals surface area contributed by atoms with Crippen LogP contribution in [0.25, 0.3) is 5.65 Å². The van der Waals surface area contributed by atoms with E-state index in [1.54, 1.807) is 31.2 Å². The average Bonchev–Trinajstić information content (AvgIpc) is 3.18. The van der Waals surface area contributed by atoms with Gasteiger partial charge >= 0.3 is 0 Å². The van der Waals surface area contributed by atoms with Crippen molar-refractivity contribution >= 4 is 23.4 Å². The fourth-order valence-electron chi connectivity index (χ4n) is 3.07. The lowest BCUT2D eigenvalue weighted by Gasteiger charge is -2.21. The molecule has 130 valence electrons. The molecule has 2 aromatic heterocycles. The van der Waals surface area contributed by atoms with Gasteiger partial charge in [0.25, 0.3) is 11.8 Å². The van der Waals surface area contributed by atoms with Crippen molar-refractivity contribution in [2.75, 3.05) is 0 Å². The predicted molar refractivity (Wildman–Crippen MR) is 93.4 cm³/mol. The van der Waals surface area contributed by atoms with Crippen LogP contribution in [0.2, 0.25) is 0 Å². The third-order valence-corrected chi connectivity index (χ3v) is 4.45. The van der Waals surface area contributed by atoms with E-state index in [2.05, 4.69) is 10.3 Å². The summed E-state index contributed by atoms with van der Waals surface area (Å²) in [7, 11) is 0. The number of amides is 3. The minimum Gasteiger partial charge on any atom is -0.349 e. The molecule has 4 rings (SSSR count). The predicted octanol–water partition coefficient (Wildman–Crippen LogP) is 1.64. The molecule has 1 aliphatic rings. The van der Waals surface area contributed by atoms with Gasteiger partial charge in [-0.1, -0.05) is 18.2 Å². The molecule has 26 heavy (non-hydrogen) atoms. The first-order chi connectivity index (χ1) is 12.6. The summed E-state index contributed by atoms with van der Waals surface area (Å²) >= 11 is 0. The second kappa shape index (κ2) is 6.11. The molecule has 0 spiro atoms. The van der Waals surface area contributed by atoms with Gasteiger partial charge in [0.15, 0.2) is 0 Å². The number of imidazole rings is 1. The van der Waals surface area contributed by atoms with Crippen molar-refractivity contribution in [2.24, 2.45) is 0 Å². The number of nitrogens with zero attached hydrogens (tertiary/aromatic N) is 3. The van der Waals surface area contributed by atoms with Crippen LogP contribution in [0.5, 0.6) is 0 Å². The SMILES string of the molecule is CC(C(=O)NCc1cn2ccccc2n1)N1C(=O)c2ccccc2C1=O. The molecule has 0 saturated carbocycles. The number of hydrogen-bond acceptors (Lipinski definition) is 4. The standard InChI is InChI=1S/C19H16N4O3/c1-12(23-18(25)14-6-2-3-7-15(14)19(23)26)17(24)20-10-13-11-22-9-5-4-8-16(22)21-13/h2-9,11-12H,10H2,1H3,(H,20,24). The number of hydrogen-bond donors (Lipinski definition) is 1. The molecule has 3 aromatic rings. The Morgan fingerprint density at radius 3 is 2.38 bits per heavy atom. The largest absolute Gasteiger partial charge is 0.349 e. The molecule has 0 saturated heterocycles. The van der Waals surface area contributed by atoms with Crippen LogP contribution >= 0.6 is 0 Å². The van der Waals surface area contributed by atoms with Gasteiger partial charge in [-0.2, -0.15) is 0 Å². The van der Waals surface area contributed by atoms with Gasteiger partial charge in [0.2, 0.25) is 5.91 Å². The molecule has 0 radical (unpaired) electrons. The Morgan fingerprint density at radius 2 is 1.73 bits per heavy atom. The number of benzene rings is 1. The number of aromatic nitrogens is 2. The van der Waals surface area contributed by atoms with E-state index >= 15 is 0 Å². The molecule has 1 aromatic carbocycles. The highest BCUT2D eigenvalue weighted by atomic mass is 16.2. The summed E-state index contributed by atoms with van der Waals surface area (Å²) in [6, 6.07) is 11.3. The smallest absolute Gasteiger partial charge is 0.262 e. The molecule has 7 nitrogen and oxygen atoms in total. The summed E-state index contributed by atoms with van der Waals surface area (Å²) in [5.74, 6) is -1.29. The van der Waals surface area contributed by atoms with Gasteiger partial charge in [-0.3, -0.25) is 19.3 Å². The Hall–Kier alpha value is -3.48. The molecule has 1 N–H and O–H groups in total. The van der Waals surface area contributed by atoms with Crippen molar-refractivity contribution in [3.8, 4) is 0 Å². The van der Waals surface area contributed by atoms with E-state index in [1.165, 1.54) is 0 Å². The van der Waals surface area contributed by atoms with Crippen LogP contribution in [-0.2, 0) is 11.3 Å². The maximum absolute atomic E-state index is 12.5. The molecule has 1 unspecified atom stereocenters. The van der Waals surface area contributed by atoms with E-state index < -0.39 is 23.8 Å². The Balaban J connectivity index is 1.47. The Labute approximate surface area is 149 Å². The van der Waals surface area contributed by atoms with Crippen molar-refractivity contribution in [1.82, 2.24) is 19.6 Å². The first kappa shape index (κ1) is 16.0. The van der Waals surface area contributed by atoms with E-state index in [0.29, 0.717) is 16.8 Å². The van der Waals surface area contributed by atoms with Crippen LogP contribution in [0.15, 0.2) is 54.9 Å². The van der Waals surface area contributed by atoms with Crippen LogP contribution in [-0.4, -0.2) is 38.0 Å². The Morgan fingerprint density at radius 1 is 1.08 bits per heavy atom. The van der Waals surface area contributed by atoms with Gasteiger partial charge in [-0.15, -0.1) is 0 Å². The summed E-state index contributed by atoms with van der Waals surface area (Å²) in [6.45, 7) is 1.76. The van der Waals surface area contributed by atoms with Crippen LogP contribution in [0.1, 0.15) is 33.3 Å². The summed E-state index contributed by atoms with van der Waals surface area (Å²) in [5, 5.41) is 2.74. The van der Waals surface area contributed by atoms with Crippen LogP contribution in [0.3, 0.4) is 0 Å². The first-order valence-electron chi connectivity index (χ1n) is 8.23. The molecule has 3 amide bonds. The molecule has 0 bridgehead atoms. The third kappa shape index (κ3) is 2.54. The van der Waals surface area contributed by atoms with Crippen molar-refractivity contribution in [2.45, 2.75) is 19.5 Å². The fraction of sp³-hybridized carbons (Fsp3) is 0.158. The molecule has 3 heterocycles. The normalized spacial score (nSPS) is 14.6. The highest BCUT2D eigenvalue weighted by molar-refractivity contribution is 6.22. The topological polar surface area (TPSA) is 83.8 Å². The van der Waals surface area contributed by atoms with Crippen LogP contribution in [0, 0.1) is 0 Å². The third-order valence-electron chi connectivity index (χ3n) is 4.45. The zero-order valence-electron chi connectivity index (χ0n) is 14.0. The van der Waals surface area contributed by atoms with Crippen molar-refractivity contribution in [3.05, 3.63) is 71.7 Å². The molecule has 1 atom stereocenters. The maximum atomic E-state index is 12.5. The van der Waals surface area contributed by atoms with E-state index in [4.69, 9.17) is 0 Å². The van der Waals surface area contributed by atoms with E-state index in [1.807, 2.05) is 35.0 Å². The number of rotatable bonds is 4. The van der Waals surface area contributed by atoms with Crippen LogP contribution in [0.4, 0.5) is 0 Å². The zero-order chi connectivity index (χ0) is 18.3. The number of carbonyl (C=O) groups excluding carboxylic acids is 3. The van der Waals surface area contributed by atoms with Crippen molar-refractivity contribution < 1.29 is 14.4 Å².